The number of imidazole rings is 1. The molecule has 3 aromatic carbocycles. The lowest BCUT2D eigenvalue weighted by Crippen LogP contribution is -1.91. The Morgan fingerprint density at radius 2 is 1.25 bits per heavy atom. The Labute approximate surface area is 168 Å². The number of hydrogen-bond acceptors (Lipinski definition) is 1. The predicted octanol–water partition coefficient (Wildman–Crippen LogP) is 6.99. The van der Waals surface area contributed by atoms with Crippen molar-refractivity contribution in [3.63, 3.8) is 0 Å². The third-order valence-electron chi connectivity index (χ3n) is 4.89. The van der Waals surface area contributed by atoms with E-state index in [0.29, 0.717) is 0 Å². The van der Waals surface area contributed by atoms with Gasteiger partial charge in [-0.15, -0.1) is 0 Å². The maximum atomic E-state index is 6.54. The van der Waals surface area contributed by atoms with Crippen molar-refractivity contribution in [3.05, 3.63) is 108 Å². The van der Waals surface area contributed by atoms with E-state index < -0.39 is 0 Å². The molecule has 0 amide bonds. The monoisotopic (exact) mass is 380 g/mol. The van der Waals surface area contributed by atoms with Crippen molar-refractivity contribution in [2.45, 2.75) is 0 Å². The van der Waals surface area contributed by atoms with E-state index >= 15 is 0 Å². The molecule has 0 atom stereocenters. The smallest absolute Gasteiger partial charge is 0.145 e. The average Bonchev–Trinajstić information content (AvgIpc) is 3.19. The van der Waals surface area contributed by atoms with Crippen LogP contribution in [0.3, 0.4) is 0 Å². The van der Waals surface area contributed by atoms with Crippen molar-refractivity contribution in [3.8, 4) is 33.5 Å². The molecule has 0 aliphatic heterocycles. The maximum Gasteiger partial charge on any atom is 0.145 e. The molecule has 0 unspecified atom stereocenters. The molecule has 0 aliphatic rings. The minimum atomic E-state index is 0.721. The lowest BCUT2D eigenvalue weighted by molar-refractivity contribution is 1.19. The van der Waals surface area contributed by atoms with E-state index in [9.17, 15) is 0 Å². The Bertz CT molecular complexity index is 1260. The molecule has 0 saturated carbocycles. The van der Waals surface area contributed by atoms with E-state index in [1.54, 1.807) is 0 Å². The molecular weight excluding hydrogens is 364 g/mol. The minimum absolute atomic E-state index is 0.721. The molecule has 2 nitrogen and oxygen atoms in total. The number of pyridine rings is 1. The van der Waals surface area contributed by atoms with Crippen molar-refractivity contribution < 1.29 is 0 Å². The first kappa shape index (κ1) is 16.8. The summed E-state index contributed by atoms with van der Waals surface area (Å²) in [7, 11) is 0. The lowest BCUT2D eigenvalue weighted by atomic mass is 10.0. The second-order valence-electron chi connectivity index (χ2n) is 6.71. The normalized spacial score (nSPS) is 11.0. The van der Waals surface area contributed by atoms with Gasteiger partial charge in [-0.3, -0.25) is 0 Å². The van der Waals surface area contributed by atoms with Crippen molar-refractivity contribution in [1.29, 1.82) is 0 Å². The summed E-state index contributed by atoms with van der Waals surface area (Å²) < 4.78 is 2.10. The van der Waals surface area contributed by atoms with Gasteiger partial charge in [0.15, 0.2) is 0 Å². The first-order valence-corrected chi connectivity index (χ1v) is 9.56. The Morgan fingerprint density at radius 1 is 0.607 bits per heavy atom. The number of fused-ring (bicyclic) bond motifs is 1. The lowest BCUT2D eigenvalue weighted by Gasteiger charge is -2.10. The van der Waals surface area contributed by atoms with E-state index in [2.05, 4.69) is 59.3 Å². The number of rotatable bonds is 3. The van der Waals surface area contributed by atoms with Gasteiger partial charge >= 0.3 is 0 Å². The summed E-state index contributed by atoms with van der Waals surface area (Å²) in [5.41, 5.74) is 7.22. The van der Waals surface area contributed by atoms with Crippen LogP contribution in [-0.4, -0.2) is 9.38 Å². The fourth-order valence-electron chi connectivity index (χ4n) is 3.51. The Balaban J connectivity index is 1.80. The molecule has 0 bridgehead atoms. The number of halogens is 1. The highest BCUT2D eigenvalue weighted by atomic mass is 35.5. The zero-order chi connectivity index (χ0) is 18.9. The summed E-state index contributed by atoms with van der Waals surface area (Å²) in [6, 6.07) is 30.7. The van der Waals surface area contributed by atoms with Crippen LogP contribution < -0.4 is 0 Å². The van der Waals surface area contributed by atoms with Crippen LogP contribution in [0.4, 0.5) is 0 Å². The van der Waals surface area contributed by atoms with Crippen molar-refractivity contribution in [1.82, 2.24) is 9.38 Å². The molecule has 134 valence electrons. The van der Waals surface area contributed by atoms with Gasteiger partial charge in [0.2, 0.25) is 0 Å². The van der Waals surface area contributed by atoms with Gasteiger partial charge in [0, 0.05) is 34.1 Å². The van der Waals surface area contributed by atoms with Crippen molar-refractivity contribution in [2.24, 2.45) is 0 Å². The van der Waals surface area contributed by atoms with Crippen LogP contribution in [0.25, 0.3) is 39.2 Å². The Kier molecular flexibility index (Phi) is 4.19. The highest BCUT2D eigenvalue weighted by Gasteiger charge is 2.14. The van der Waals surface area contributed by atoms with Crippen molar-refractivity contribution in [2.75, 3.05) is 0 Å². The second kappa shape index (κ2) is 6.99. The minimum Gasteiger partial charge on any atom is -0.305 e. The van der Waals surface area contributed by atoms with Gasteiger partial charge in [0.05, 0.1) is 5.69 Å². The molecule has 0 aliphatic carbocycles. The quantitative estimate of drug-likeness (QED) is 0.329. The molecule has 5 aromatic rings. The maximum absolute atomic E-state index is 6.54. The van der Waals surface area contributed by atoms with Gasteiger partial charge < -0.3 is 4.40 Å². The van der Waals surface area contributed by atoms with Crippen LogP contribution in [0.5, 0.6) is 0 Å². The molecule has 0 radical (unpaired) electrons. The van der Waals surface area contributed by atoms with Gasteiger partial charge in [-0.1, -0.05) is 90.5 Å². The number of hydrogen-bond donors (Lipinski definition) is 0. The fourth-order valence-corrected chi connectivity index (χ4v) is 3.75. The summed E-state index contributed by atoms with van der Waals surface area (Å²) in [6.45, 7) is 0. The molecule has 0 spiro atoms. The molecule has 5 rings (SSSR count). The number of benzene rings is 3. The molecule has 0 fully saturated rings. The zero-order valence-corrected chi connectivity index (χ0v) is 15.8. The highest BCUT2D eigenvalue weighted by Crippen LogP contribution is 2.35. The van der Waals surface area contributed by atoms with Gasteiger partial charge in [-0.2, -0.15) is 0 Å². The largest absolute Gasteiger partial charge is 0.305 e. The van der Waals surface area contributed by atoms with E-state index in [-0.39, 0.29) is 0 Å². The third kappa shape index (κ3) is 2.98. The SMILES string of the molecule is Clc1ccccc1-c1cc(-c2ccccc2)cn2cc(-c3ccccc3)nc12. The molecular formula is C25H17ClN2. The molecule has 3 heteroatoms. The first-order chi connectivity index (χ1) is 13.8. The first-order valence-electron chi connectivity index (χ1n) is 9.18. The third-order valence-corrected chi connectivity index (χ3v) is 5.22. The zero-order valence-electron chi connectivity index (χ0n) is 15.1. The van der Waals surface area contributed by atoms with E-state index in [4.69, 9.17) is 16.6 Å². The molecule has 0 saturated heterocycles. The van der Waals surface area contributed by atoms with E-state index in [1.807, 2.05) is 48.5 Å². The standard InChI is InChI=1S/C25H17ClN2/c26-23-14-8-7-13-21(23)22-15-20(18-9-3-1-4-10-18)16-28-17-24(27-25(22)28)19-11-5-2-6-12-19/h1-17H. The summed E-state index contributed by atoms with van der Waals surface area (Å²) in [4.78, 5) is 4.94. The fraction of sp³-hybridized carbons (Fsp3) is 0. The number of nitrogens with zero attached hydrogens (tertiary/aromatic N) is 2. The average molecular weight is 381 g/mol. The summed E-state index contributed by atoms with van der Waals surface area (Å²) in [5, 5.41) is 0.721. The van der Waals surface area contributed by atoms with Crippen LogP contribution in [-0.2, 0) is 0 Å². The van der Waals surface area contributed by atoms with Crippen LogP contribution in [0, 0.1) is 0 Å². The van der Waals surface area contributed by atoms with Crippen LogP contribution in [0.15, 0.2) is 103 Å². The van der Waals surface area contributed by atoms with Gasteiger partial charge in [0.25, 0.3) is 0 Å². The molecule has 28 heavy (non-hydrogen) atoms. The van der Waals surface area contributed by atoms with Gasteiger partial charge in [-0.05, 0) is 23.3 Å². The summed E-state index contributed by atoms with van der Waals surface area (Å²) in [6.07, 6.45) is 4.21. The van der Waals surface area contributed by atoms with Gasteiger partial charge in [-0.25, -0.2) is 4.98 Å². The predicted molar refractivity (Wildman–Crippen MR) is 117 cm³/mol. The second-order valence-corrected chi connectivity index (χ2v) is 7.12. The topological polar surface area (TPSA) is 17.3 Å². The van der Waals surface area contributed by atoms with Crippen LogP contribution >= 0.6 is 11.6 Å². The Hall–Kier alpha value is -3.36. The molecule has 0 N–H and O–H groups in total. The van der Waals surface area contributed by atoms with Gasteiger partial charge in [0.1, 0.15) is 5.65 Å². The summed E-state index contributed by atoms with van der Waals surface area (Å²) in [5.74, 6) is 0. The van der Waals surface area contributed by atoms with E-state index in [0.717, 1.165) is 44.2 Å². The summed E-state index contributed by atoms with van der Waals surface area (Å²) >= 11 is 6.54. The van der Waals surface area contributed by atoms with Crippen LogP contribution in [0.2, 0.25) is 5.02 Å². The van der Waals surface area contributed by atoms with Crippen LogP contribution in [0.1, 0.15) is 0 Å². The molecule has 2 heterocycles. The number of aromatic nitrogens is 2. The van der Waals surface area contributed by atoms with Crippen molar-refractivity contribution >= 4 is 17.2 Å². The highest BCUT2D eigenvalue weighted by molar-refractivity contribution is 6.33. The van der Waals surface area contributed by atoms with E-state index in [1.165, 1.54) is 0 Å². The Morgan fingerprint density at radius 3 is 1.96 bits per heavy atom. The molecule has 2 aromatic heterocycles.